The minimum atomic E-state index is -0.585. The van der Waals surface area contributed by atoms with Gasteiger partial charge < -0.3 is 5.11 Å². The average molecular weight is 204 g/mol. The molecule has 0 bridgehead atoms. The highest BCUT2D eigenvalue weighted by atomic mass is 32.2. The summed E-state index contributed by atoms with van der Waals surface area (Å²) in [6.45, 7) is 0. The van der Waals surface area contributed by atoms with E-state index in [0.717, 1.165) is 16.2 Å². The molecule has 1 aliphatic heterocycles. The van der Waals surface area contributed by atoms with Crippen molar-refractivity contribution in [2.24, 2.45) is 0 Å². The number of para-hydroxylation sites is 2. The molecule has 0 saturated heterocycles. The molecule has 3 nitrogen and oxygen atoms in total. The molecule has 1 N–H and O–H groups in total. The van der Waals surface area contributed by atoms with Crippen LogP contribution in [0.5, 0.6) is 0 Å². The van der Waals surface area contributed by atoms with Crippen LogP contribution in [-0.2, 0) is 0 Å². The van der Waals surface area contributed by atoms with Gasteiger partial charge in [0.1, 0.15) is 0 Å². The summed E-state index contributed by atoms with van der Waals surface area (Å²) in [5, 5.41) is 12.5. The Morgan fingerprint density at radius 1 is 1.36 bits per heavy atom. The zero-order valence-electron chi connectivity index (χ0n) is 7.29. The first-order valence-electron chi connectivity index (χ1n) is 4.34. The lowest BCUT2D eigenvalue weighted by Gasteiger charge is -2.14. The second-order valence-corrected chi connectivity index (χ2v) is 3.99. The largest absolute Gasteiger partial charge is 0.369 e. The van der Waals surface area contributed by atoms with Crippen molar-refractivity contribution < 1.29 is 5.11 Å². The number of imidazole rings is 1. The molecular formula is C10H8N2OS. The van der Waals surface area contributed by atoms with Gasteiger partial charge in [-0.25, -0.2) is 4.98 Å². The standard InChI is InChI=1S/C10H8N2OS/c13-9-5-6-14-10-11-7-3-1-2-4-8(7)12(9)10/h1-6,9,13H/t9-/m1/s1. The number of aliphatic hydroxyl groups is 1. The van der Waals surface area contributed by atoms with Crippen LogP contribution in [0.25, 0.3) is 11.0 Å². The summed E-state index contributed by atoms with van der Waals surface area (Å²) in [6, 6.07) is 7.82. The topological polar surface area (TPSA) is 38.1 Å². The zero-order valence-corrected chi connectivity index (χ0v) is 8.11. The molecule has 2 aromatic rings. The summed E-state index contributed by atoms with van der Waals surface area (Å²) in [4.78, 5) is 4.42. The first-order valence-corrected chi connectivity index (χ1v) is 5.22. The number of aromatic nitrogens is 2. The van der Waals surface area contributed by atoms with Crippen molar-refractivity contribution >= 4 is 22.8 Å². The summed E-state index contributed by atoms with van der Waals surface area (Å²) in [7, 11) is 0. The third kappa shape index (κ3) is 1.01. The summed E-state index contributed by atoms with van der Waals surface area (Å²) < 4.78 is 1.83. The van der Waals surface area contributed by atoms with E-state index in [-0.39, 0.29) is 0 Å². The normalized spacial score (nSPS) is 19.9. The zero-order chi connectivity index (χ0) is 9.54. The molecule has 1 aromatic heterocycles. The Kier molecular flexibility index (Phi) is 1.65. The second kappa shape index (κ2) is 2.87. The number of fused-ring (bicyclic) bond motifs is 3. The molecule has 0 aliphatic carbocycles. The Balaban J connectivity index is 2.37. The number of aliphatic hydroxyl groups excluding tert-OH is 1. The van der Waals surface area contributed by atoms with E-state index in [1.165, 1.54) is 11.8 Å². The smallest absolute Gasteiger partial charge is 0.175 e. The SMILES string of the molecule is O[C@@H]1C=CSc2nc3ccccc3n21. The predicted molar refractivity (Wildman–Crippen MR) is 56.0 cm³/mol. The molecule has 1 aromatic carbocycles. The van der Waals surface area contributed by atoms with Gasteiger partial charge in [0.25, 0.3) is 0 Å². The van der Waals surface area contributed by atoms with Crippen LogP contribution in [0.3, 0.4) is 0 Å². The molecule has 4 heteroatoms. The Bertz CT molecular complexity index is 518. The molecule has 0 fully saturated rings. The van der Waals surface area contributed by atoms with Crippen LogP contribution in [0.15, 0.2) is 40.9 Å². The number of thioether (sulfide) groups is 1. The van der Waals surface area contributed by atoms with Crippen molar-refractivity contribution in [2.75, 3.05) is 0 Å². The second-order valence-electron chi connectivity index (χ2n) is 3.11. The number of nitrogens with zero attached hydrogens (tertiary/aromatic N) is 2. The van der Waals surface area contributed by atoms with E-state index in [9.17, 15) is 5.11 Å². The lowest BCUT2D eigenvalue weighted by molar-refractivity contribution is 0.148. The van der Waals surface area contributed by atoms with Crippen LogP contribution < -0.4 is 0 Å². The van der Waals surface area contributed by atoms with E-state index in [2.05, 4.69) is 4.98 Å². The first-order chi connectivity index (χ1) is 6.86. The molecule has 2 heterocycles. The van der Waals surface area contributed by atoms with E-state index >= 15 is 0 Å². The van der Waals surface area contributed by atoms with Crippen molar-refractivity contribution in [3.8, 4) is 0 Å². The lowest BCUT2D eigenvalue weighted by Crippen LogP contribution is -2.08. The van der Waals surface area contributed by atoms with E-state index < -0.39 is 6.23 Å². The molecule has 1 aliphatic rings. The molecule has 0 spiro atoms. The highest BCUT2D eigenvalue weighted by Gasteiger charge is 2.17. The van der Waals surface area contributed by atoms with Crippen molar-refractivity contribution in [1.82, 2.24) is 9.55 Å². The van der Waals surface area contributed by atoms with Gasteiger partial charge >= 0.3 is 0 Å². The first kappa shape index (κ1) is 8.08. The van der Waals surface area contributed by atoms with Crippen molar-refractivity contribution in [2.45, 2.75) is 11.4 Å². The molecule has 3 rings (SSSR count). The number of benzene rings is 1. The minimum absolute atomic E-state index is 0.585. The fourth-order valence-corrected chi connectivity index (χ4v) is 2.43. The van der Waals surface area contributed by atoms with Gasteiger partial charge in [0.15, 0.2) is 11.4 Å². The fraction of sp³-hybridized carbons (Fsp3) is 0.100. The van der Waals surface area contributed by atoms with Crippen molar-refractivity contribution in [3.05, 3.63) is 35.7 Å². The average Bonchev–Trinajstić information content (AvgIpc) is 2.57. The molecule has 0 radical (unpaired) electrons. The Labute approximate surface area is 85.1 Å². The molecule has 0 unspecified atom stereocenters. The maximum atomic E-state index is 9.77. The van der Waals surface area contributed by atoms with Crippen LogP contribution in [-0.4, -0.2) is 14.7 Å². The summed E-state index contributed by atoms with van der Waals surface area (Å²) >= 11 is 1.53. The van der Waals surface area contributed by atoms with Gasteiger partial charge in [-0.2, -0.15) is 0 Å². The minimum Gasteiger partial charge on any atom is -0.369 e. The van der Waals surface area contributed by atoms with Crippen molar-refractivity contribution in [3.63, 3.8) is 0 Å². The van der Waals surface area contributed by atoms with Gasteiger partial charge in [-0.1, -0.05) is 23.9 Å². The van der Waals surface area contributed by atoms with E-state index in [0.29, 0.717) is 0 Å². The highest BCUT2D eigenvalue weighted by Crippen LogP contribution is 2.31. The maximum Gasteiger partial charge on any atom is 0.175 e. The Morgan fingerprint density at radius 2 is 2.21 bits per heavy atom. The molecule has 1 atom stereocenters. The van der Waals surface area contributed by atoms with Crippen LogP contribution >= 0.6 is 11.8 Å². The third-order valence-corrected chi connectivity index (χ3v) is 3.04. The molecular weight excluding hydrogens is 196 g/mol. The fourth-order valence-electron chi connectivity index (χ4n) is 1.62. The van der Waals surface area contributed by atoms with Crippen LogP contribution in [0.2, 0.25) is 0 Å². The van der Waals surface area contributed by atoms with E-state index in [1.54, 1.807) is 6.08 Å². The van der Waals surface area contributed by atoms with Crippen LogP contribution in [0.4, 0.5) is 0 Å². The maximum absolute atomic E-state index is 9.77. The molecule has 0 amide bonds. The lowest BCUT2D eigenvalue weighted by atomic mass is 10.3. The van der Waals surface area contributed by atoms with Crippen LogP contribution in [0.1, 0.15) is 6.23 Å². The molecule has 70 valence electrons. The molecule has 0 saturated carbocycles. The van der Waals surface area contributed by atoms with E-state index in [4.69, 9.17) is 0 Å². The summed E-state index contributed by atoms with van der Waals surface area (Å²) in [5.41, 5.74) is 1.91. The molecule has 14 heavy (non-hydrogen) atoms. The predicted octanol–water partition coefficient (Wildman–Crippen LogP) is 2.15. The van der Waals surface area contributed by atoms with Gasteiger partial charge in [0, 0.05) is 0 Å². The van der Waals surface area contributed by atoms with Gasteiger partial charge in [-0.3, -0.25) is 4.57 Å². The van der Waals surface area contributed by atoms with Crippen LogP contribution in [0, 0.1) is 0 Å². The number of hydrogen-bond acceptors (Lipinski definition) is 3. The van der Waals surface area contributed by atoms with Gasteiger partial charge in [-0.05, 0) is 23.6 Å². The monoisotopic (exact) mass is 204 g/mol. The third-order valence-electron chi connectivity index (χ3n) is 2.25. The van der Waals surface area contributed by atoms with Gasteiger partial charge in [-0.15, -0.1) is 0 Å². The van der Waals surface area contributed by atoms with Gasteiger partial charge in [0.2, 0.25) is 0 Å². The quantitative estimate of drug-likeness (QED) is 0.714. The van der Waals surface area contributed by atoms with Gasteiger partial charge in [0.05, 0.1) is 11.0 Å². The van der Waals surface area contributed by atoms with Crippen molar-refractivity contribution in [1.29, 1.82) is 0 Å². The highest BCUT2D eigenvalue weighted by molar-refractivity contribution is 8.02. The Hall–Kier alpha value is -1.26. The van der Waals surface area contributed by atoms with E-state index in [1.807, 2.05) is 34.2 Å². The summed E-state index contributed by atoms with van der Waals surface area (Å²) in [6.07, 6.45) is 1.17. The number of rotatable bonds is 0. The number of hydrogen-bond donors (Lipinski definition) is 1. The summed E-state index contributed by atoms with van der Waals surface area (Å²) in [5.74, 6) is 0. The Morgan fingerprint density at radius 3 is 3.14 bits per heavy atom.